The molecule has 0 bridgehead atoms. The average Bonchev–Trinajstić information content (AvgIpc) is 2.52. The molecule has 1 saturated heterocycles. The number of hydrogen-bond donors (Lipinski definition) is 0. The second kappa shape index (κ2) is 7.08. The summed E-state index contributed by atoms with van der Waals surface area (Å²) < 4.78 is 5.02. The highest BCUT2D eigenvalue weighted by Crippen LogP contribution is 2.37. The van der Waals surface area contributed by atoms with Gasteiger partial charge in [-0.3, -0.25) is 4.79 Å². The lowest BCUT2D eigenvalue weighted by molar-refractivity contribution is -0.151. The molecule has 0 saturated carbocycles. The number of hydrogen-bond acceptors (Lipinski definition) is 3. The largest absolute Gasteiger partial charge is 0.466 e. The van der Waals surface area contributed by atoms with Crippen molar-refractivity contribution < 1.29 is 9.53 Å². The molecule has 1 aliphatic heterocycles. The summed E-state index contributed by atoms with van der Waals surface area (Å²) in [6, 6.07) is 9.87. The number of ether oxygens (including phenoxy) is 1. The molecule has 1 unspecified atom stereocenters. The van der Waals surface area contributed by atoms with E-state index < -0.39 is 0 Å². The van der Waals surface area contributed by atoms with E-state index in [2.05, 4.69) is 12.6 Å². The molecule has 2 rings (SSSR count). The van der Waals surface area contributed by atoms with Crippen molar-refractivity contribution in [1.29, 1.82) is 5.26 Å². The quantitative estimate of drug-likeness (QED) is 0.453. The summed E-state index contributed by atoms with van der Waals surface area (Å²) in [6.07, 6.45) is 7.43. The molecule has 1 aromatic rings. The predicted molar refractivity (Wildman–Crippen MR) is 81.5 cm³/mol. The van der Waals surface area contributed by atoms with E-state index in [1.54, 1.807) is 0 Å². The van der Waals surface area contributed by atoms with Gasteiger partial charge in [0.15, 0.2) is 0 Å². The third-order valence-electron chi connectivity index (χ3n) is 4.27. The molecule has 1 fully saturated rings. The van der Waals surface area contributed by atoms with Crippen LogP contribution >= 0.6 is 0 Å². The van der Waals surface area contributed by atoms with E-state index in [1.165, 1.54) is 5.56 Å². The molecule has 1 atom stereocenters. The molecular formula is C18H21NO2. The van der Waals surface area contributed by atoms with E-state index in [0.29, 0.717) is 18.6 Å². The van der Waals surface area contributed by atoms with E-state index in [4.69, 9.17) is 10.00 Å². The van der Waals surface area contributed by atoms with Crippen LogP contribution in [0.1, 0.15) is 43.2 Å². The number of nitriles is 1. The van der Waals surface area contributed by atoms with Crippen molar-refractivity contribution in [3.8, 4) is 6.07 Å². The normalized spacial score (nSPS) is 21.4. The number of benzene rings is 1. The highest BCUT2D eigenvalue weighted by atomic mass is 16.5. The Morgan fingerprint density at radius 2 is 2.10 bits per heavy atom. The summed E-state index contributed by atoms with van der Waals surface area (Å²) in [5.41, 5.74) is 1.88. The maximum Gasteiger partial charge on any atom is 0.306 e. The van der Waals surface area contributed by atoms with Crippen LogP contribution in [0.2, 0.25) is 0 Å². The number of unbranched alkanes of at least 4 members (excludes halogenated alkanes) is 1. The second-order valence-electron chi connectivity index (χ2n) is 5.73. The van der Waals surface area contributed by atoms with Gasteiger partial charge in [0, 0.05) is 5.41 Å². The first-order valence-corrected chi connectivity index (χ1v) is 7.46. The molecule has 0 aliphatic carbocycles. The molecular weight excluding hydrogens is 262 g/mol. The molecule has 0 spiro atoms. The fourth-order valence-electron chi connectivity index (χ4n) is 2.84. The number of aryl methyl sites for hydroxylation is 1. The van der Waals surface area contributed by atoms with Gasteiger partial charge in [0.1, 0.15) is 0 Å². The van der Waals surface area contributed by atoms with E-state index >= 15 is 0 Å². The molecule has 1 heterocycles. The fourth-order valence-corrected chi connectivity index (χ4v) is 2.84. The predicted octanol–water partition coefficient (Wildman–Crippen LogP) is 3.78. The number of allylic oxidation sites excluding steroid dienone is 1. The lowest BCUT2D eigenvalue weighted by Gasteiger charge is -2.33. The number of rotatable bonds is 6. The third kappa shape index (κ3) is 4.19. The number of carbonyl (C=O) groups is 1. The highest BCUT2D eigenvalue weighted by molar-refractivity contribution is 5.71. The Hall–Kier alpha value is -2.08. The van der Waals surface area contributed by atoms with Gasteiger partial charge in [-0.2, -0.15) is 5.26 Å². The molecule has 0 N–H and O–H groups in total. The minimum atomic E-state index is -0.103. The van der Waals surface area contributed by atoms with Crippen LogP contribution in [0.5, 0.6) is 0 Å². The zero-order valence-electron chi connectivity index (χ0n) is 12.3. The van der Waals surface area contributed by atoms with Gasteiger partial charge in [-0.1, -0.05) is 24.6 Å². The first kappa shape index (κ1) is 15.3. The van der Waals surface area contributed by atoms with Crippen molar-refractivity contribution >= 4 is 5.97 Å². The first-order valence-electron chi connectivity index (χ1n) is 7.46. The summed E-state index contributed by atoms with van der Waals surface area (Å²) in [4.78, 5) is 11.5. The van der Waals surface area contributed by atoms with Crippen molar-refractivity contribution in [1.82, 2.24) is 0 Å². The third-order valence-corrected chi connectivity index (χ3v) is 4.27. The lowest BCUT2D eigenvalue weighted by Crippen LogP contribution is -2.30. The smallest absolute Gasteiger partial charge is 0.306 e. The van der Waals surface area contributed by atoms with Crippen LogP contribution in [0.25, 0.3) is 0 Å². The van der Waals surface area contributed by atoms with Crippen molar-refractivity contribution in [3.05, 3.63) is 48.0 Å². The Labute approximate surface area is 126 Å². The molecule has 0 radical (unpaired) electrons. The van der Waals surface area contributed by atoms with Gasteiger partial charge < -0.3 is 4.74 Å². The highest BCUT2D eigenvalue weighted by Gasteiger charge is 2.33. The Morgan fingerprint density at radius 1 is 1.33 bits per heavy atom. The number of cyclic esters (lactones) is 1. The molecule has 0 aromatic heterocycles. The molecule has 21 heavy (non-hydrogen) atoms. The fraction of sp³-hybridized carbons (Fsp3) is 0.444. The minimum absolute atomic E-state index is 0.0694. The van der Waals surface area contributed by atoms with Crippen LogP contribution in [0, 0.1) is 16.7 Å². The van der Waals surface area contributed by atoms with Crippen LogP contribution in [0.4, 0.5) is 0 Å². The van der Waals surface area contributed by atoms with Crippen molar-refractivity contribution in [3.63, 3.8) is 0 Å². The second-order valence-corrected chi connectivity index (χ2v) is 5.73. The number of esters is 1. The van der Waals surface area contributed by atoms with Gasteiger partial charge in [-0.25, -0.2) is 0 Å². The van der Waals surface area contributed by atoms with Gasteiger partial charge in [0.25, 0.3) is 0 Å². The average molecular weight is 283 g/mol. The van der Waals surface area contributed by atoms with Crippen molar-refractivity contribution in [2.45, 2.75) is 38.5 Å². The van der Waals surface area contributed by atoms with Crippen LogP contribution in [-0.2, 0) is 16.0 Å². The van der Waals surface area contributed by atoms with Crippen molar-refractivity contribution in [2.24, 2.45) is 5.41 Å². The zero-order valence-corrected chi connectivity index (χ0v) is 12.3. The Balaban J connectivity index is 1.79. The molecule has 110 valence electrons. The van der Waals surface area contributed by atoms with E-state index in [1.807, 2.05) is 30.3 Å². The van der Waals surface area contributed by atoms with Gasteiger partial charge in [-0.15, -0.1) is 6.58 Å². The Kier molecular flexibility index (Phi) is 5.16. The zero-order chi connectivity index (χ0) is 15.1. The Bertz CT molecular complexity index is 541. The molecule has 1 aliphatic rings. The Morgan fingerprint density at radius 3 is 2.71 bits per heavy atom. The summed E-state index contributed by atoms with van der Waals surface area (Å²) in [6.45, 7) is 4.42. The van der Waals surface area contributed by atoms with Gasteiger partial charge in [-0.05, 0) is 43.4 Å². The topological polar surface area (TPSA) is 50.1 Å². The summed E-state index contributed by atoms with van der Waals surface area (Å²) in [5.74, 6) is -0.103. The summed E-state index contributed by atoms with van der Waals surface area (Å²) in [7, 11) is 0. The molecule has 1 aromatic carbocycles. The first-order chi connectivity index (χ1) is 10.2. The molecule has 0 amide bonds. The van der Waals surface area contributed by atoms with E-state index in [0.717, 1.165) is 32.1 Å². The van der Waals surface area contributed by atoms with E-state index in [-0.39, 0.29) is 11.4 Å². The number of nitrogens with zero attached hydrogens (tertiary/aromatic N) is 1. The van der Waals surface area contributed by atoms with Crippen LogP contribution in [0.3, 0.4) is 0 Å². The summed E-state index contributed by atoms with van der Waals surface area (Å²) >= 11 is 0. The monoisotopic (exact) mass is 283 g/mol. The van der Waals surface area contributed by atoms with Crippen LogP contribution < -0.4 is 0 Å². The van der Waals surface area contributed by atoms with Gasteiger partial charge >= 0.3 is 5.97 Å². The van der Waals surface area contributed by atoms with Gasteiger partial charge in [0.05, 0.1) is 24.7 Å². The van der Waals surface area contributed by atoms with Crippen molar-refractivity contribution in [2.75, 3.05) is 6.61 Å². The molecule has 3 nitrogen and oxygen atoms in total. The maximum atomic E-state index is 11.5. The minimum Gasteiger partial charge on any atom is -0.466 e. The maximum absolute atomic E-state index is 11.5. The SMILES string of the molecule is C=CC1(CCCCc2ccc(C#N)cc2)CCOC(=O)C1. The number of carbonyl (C=O) groups excluding carboxylic acids is 1. The van der Waals surface area contributed by atoms with E-state index in [9.17, 15) is 4.79 Å². The lowest BCUT2D eigenvalue weighted by atomic mass is 9.76. The molecule has 3 heteroatoms. The van der Waals surface area contributed by atoms with Crippen LogP contribution in [0.15, 0.2) is 36.9 Å². The standard InChI is InChI=1S/C18H21NO2/c1-2-18(11-12-21-17(20)13-18)10-4-3-5-15-6-8-16(14-19)9-7-15/h2,6-9H,1,3-5,10-13H2. The summed E-state index contributed by atoms with van der Waals surface area (Å²) in [5, 5.41) is 8.77. The van der Waals surface area contributed by atoms with Crippen LogP contribution in [-0.4, -0.2) is 12.6 Å². The van der Waals surface area contributed by atoms with Gasteiger partial charge in [0.2, 0.25) is 0 Å².